The lowest BCUT2D eigenvalue weighted by Crippen LogP contribution is -2.13. The predicted octanol–water partition coefficient (Wildman–Crippen LogP) is 4.86. The van der Waals surface area contributed by atoms with E-state index < -0.39 is 0 Å². The van der Waals surface area contributed by atoms with Crippen LogP contribution >= 0.6 is 11.6 Å². The summed E-state index contributed by atoms with van der Waals surface area (Å²) in [4.78, 5) is 24.8. The van der Waals surface area contributed by atoms with Gasteiger partial charge >= 0.3 is 0 Å². The van der Waals surface area contributed by atoms with E-state index in [0.29, 0.717) is 39.0 Å². The Kier molecular flexibility index (Phi) is 6.36. The zero-order chi connectivity index (χ0) is 20.8. The van der Waals surface area contributed by atoms with Gasteiger partial charge in [-0.3, -0.25) is 9.59 Å². The Labute approximate surface area is 173 Å². The van der Waals surface area contributed by atoms with Crippen LogP contribution in [0.15, 0.2) is 66.7 Å². The van der Waals surface area contributed by atoms with Crippen LogP contribution in [0.2, 0.25) is 5.02 Å². The van der Waals surface area contributed by atoms with Gasteiger partial charge in [-0.1, -0.05) is 17.7 Å². The van der Waals surface area contributed by atoms with Crippen molar-refractivity contribution in [3.8, 4) is 11.5 Å². The summed E-state index contributed by atoms with van der Waals surface area (Å²) in [6.45, 7) is 0. The van der Waals surface area contributed by atoms with Crippen LogP contribution in [0.1, 0.15) is 20.7 Å². The van der Waals surface area contributed by atoms with Gasteiger partial charge in [0.05, 0.1) is 14.2 Å². The second kappa shape index (κ2) is 9.12. The summed E-state index contributed by atoms with van der Waals surface area (Å²) in [6, 6.07) is 18.4. The molecule has 0 radical (unpaired) electrons. The van der Waals surface area contributed by atoms with Gasteiger partial charge in [-0.2, -0.15) is 0 Å². The van der Waals surface area contributed by atoms with Crippen LogP contribution in [-0.2, 0) is 0 Å². The Morgan fingerprint density at radius 1 is 0.724 bits per heavy atom. The first kappa shape index (κ1) is 20.2. The number of carbonyl (C=O) groups is 2. The molecule has 148 valence electrons. The first-order valence-electron chi connectivity index (χ1n) is 8.70. The quantitative estimate of drug-likeness (QED) is 0.608. The number of carbonyl (C=O) groups excluding carboxylic acids is 2. The number of anilines is 2. The second-order valence-corrected chi connectivity index (χ2v) is 6.53. The SMILES string of the molecule is COc1cc(OC)cc(C(=O)Nc2ccc(NC(=O)c3cccc(Cl)c3)cc2)c1. The Morgan fingerprint density at radius 2 is 1.24 bits per heavy atom. The van der Waals surface area contributed by atoms with Crippen LogP contribution in [0.3, 0.4) is 0 Å². The molecule has 0 unspecified atom stereocenters. The van der Waals surface area contributed by atoms with Crippen molar-refractivity contribution in [1.82, 2.24) is 0 Å². The standard InChI is InChI=1S/C22H19ClN2O4/c1-28-19-11-15(12-20(13-19)29-2)22(27)25-18-8-6-17(7-9-18)24-21(26)14-4-3-5-16(23)10-14/h3-13H,1-2H3,(H,24,26)(H,25,27). The van der Waals surface area contributed by atoms with Crippen molar-refractivity contribution in [1.29, 1.82) is 0 Å². The molecule has 6 nitrogen and oxygen atoms in total. The van der Waals surface area contributed by atoms with Crippen molar-refractivity contribution in [2.75, 3.05) is 24.9 Å². The maximum atomic E-state index is 12.5. The first-order valence-corrected chi connectivity index (χ1v) is 9.07. The van der Waals surface area contributed by atoms with Crippen molar-refractivity contribution in [3.63, 3.8) is 0 Å². The second-order valence-electron chi connectivity index (χ2n) is 6.10. The molecule has 0 aliphatic carbocycles. The molecule has 0 aliphatic rings. The molecule has 0 aliphatic heterocycles. The average molecular weight is 411 g/mol. The molecule has 0 atom stereocenters. The fourth-order valence-electron chi connectivity index (χ4n) is 2.61. The summed E-state index contributed by atoms with van der Waals surface area (Å²) in [5.41, 5.74) is 2.04. The van der Waals surface area contributed by atoms with Gasteiger partial charge in [0.25, 0.3) is 11.8 Å². The van der Waals surface area contributed by atoms with Gasteiger partial charge in [-0.05, 0) is 54.6 Å². The molecular formula is C22H19ClN2O4. The minimum Gasteiger partial charge on any atom is -0.497 e. The molecule has 3 aromatic rings. The number of halogens is 1. The number of hydrogen-bond acceptors (Lipinski definition) is 4. The number of benzene rings is 3. The van der Waals surface area contributed by atoms with Crippen molar-refractivity contribution < 1.29 is 19.1 Å². The van der Waals surface area contributed by atoms with E-state index in [2.05, 4.69) is 10.6 Å². The van der Waals surface area contributed by atoms with Crippen molar-refractivity contribution >= 4 is 34.8 Å². The van der Waals surface area contributed by atoms with E-state index in [9.17, 15) is 9.59 Å². The first-order chi connectivity index (χ1) is 14.0. The number of rotatable bonds is 6. The summed E-state index contributed by atoms with van der Waals surface area (Å²) in [6.07, 6.45) is 0. The van der Waals surface area contributed by atoms with Crippen molar-refractivity contribution in [2.45, 2.75) is 0 Å². The highest BCUT2D eigenvalue weighted by Gasteiger charge is 2.11. The van der Waals surface area contributed by atoms with Gasteiger partial charge in [-0.15, -0.1) is 0 Å². The molecule has 0 aromatic heterocycles. The minimum atomic E-state index is -0.307. The maximum absolute atomic E-state index is 12.5. The zero-order valence-corrected chi connectivity index (χ0v) is 16.6. The summed E-state index contributed by atoms with van der Waals surface area (Å²) in [7, 11) is 3.04. The van der Waals surface area contributed by atoms with Crippen LogP contribution in [0, 0.1) is 0 Å². The van der Waals surface area contributed by atoms with E-state index in [1.54, 1.807) is 66.7 Å². The van der Waals surface area contributed by atoms with E-state index in [4.69, 9.17) is 21.1 Å². The lowest BCUT2D eigenvalue weighted by atomic mass is 10.1. The normalized spacial score (nSPS) is 10.2. The number of ether oxygens (including phenoxy) is 2. The molecule has 2 N–H and O–H groups in total. The third kappa shape index (κ3) is 5.27. The Hall–Kier alpha value is -3.51. The molecule has 0 saturated heterocycles. The lowest BCUT2D eigenvalue weighted by Gasteiger charge is -2.10. The fraction of sp³-hybridized carbons (Fsp3) is 0.0909. The van der Waals surface area contributed by atoms with Gasteiger partial charge in [0.1, 0.15) is 11.5 Å². The van der Waals surface area contributed by atoms with E-state index >= 15 is 0 Å². The highest BCUT2D eigenvalue weighted by Crippen LogP contribution is 2.23. The molecule has 0 heterocycles. The number of methoxy groups -OCH3 is 2. The van der Waals surface area contributed by atoms with Crippen molar-refractivity contribution in [2.24, 2.45) is 0 Å². The van der Waals surface area contributed by atoms with Gasteiger partial charge < -0.3 is 20.1 Å². The number of nitrogens with one attached hydrogen (secondary N) is 2. The fourth-order valence-corrected chi connectivity index (χ4v) is 2.80. The van der Waals surface area contributed by atoms with E-state index in [-0.39, 0.29) is 11.8 Å². The Bertz CT molecular complexity index is 1010. The Morgan fingerprint density at radius 3 is 1.72 bits per heavy atom. The molecule has 3 aromatic carbocycles. The summed E-state index contributed by atoms with van der Waals surface area (Å²) < 4.78 is 10.4. The monoisotopic (exact) mass is 410 g/mol. The lowest BCUT2D eigenvalue weighted by molar-refractivity contribution is 0.101. The third-order valence-corrected chi connectivity index (χ3v) is 4.34. The van der Waals surface area contributed by atoms with Gasteiger partial charge in [0.2, 0.25) is 0 Å². The van der Waals surface area contributed by atoms with Crippen LogP contribution in [0.4, 0.5) is 11.4 Å². The van der Waals surface area contributed by atoms with E-state index in [1.165, 1.54) is 14.2 Å². The predicted molar refractivity (Wildman–Crippen MR) is 113 cm³/mol. The minimum absolute atomic E-state index is 0.271. The van der Waals surface area contributed by atoms with Crippen LogP contribution < -0.4 is 20.1 Å². The number of amides is 2. The molecular weight excluding hydrogens is 392 g/mol. The summed E-state index contributed by atoms with van der Waals surface area (Å²) in [5.74, 6) is 0.466. The van der Waals surface area contributed by atoms with Crippen LogP contribution in [0.5, 0.6) is 11.5 Å². The molecule has 29 heavy (non-hydrogen) atoms. The van der Waals surface area contributed by atoms with Gasteiger partial charge in [0, 0.05) is 33.6 Å². The average Bonchev–Trinajstić information content (AvgIpc) is 2.74. The molecule has 7 heteroatoms. The molecule has 0 spiro atoms. The zero-order valence-electron chi connectivity index (χ0n) is 15.9. The molecule has 0 bridgehead atoms. The van der Waals surface area contributed by atoms with Crippen LogP contribution in [-0.4, -0.2) is 26.0 Å². The molecule has 0 saturated carbocycles. The molecule has 0 fully saturated rings. The van der Waals surface area contributed by atoms with Crippen molar-refractivity contribution in [3.05, 3.63) is 82.9 Å². The van der Waals surface area contributed by atoms with E-state index in [1.807, 2.05) is 0 Å². The number of hydrogen-bond donors (Lipinski definition) is 2. The highest BCUT2D eigenvalue weighted by molar-refractivity contribution is 6.31. The summed E-state index contributed by atoms with van der Waals surface area (Å²) >= 11 is 5.91. The highest BCUT2D eigenvalue weighted by atomic mass is 35.5. The van der Waals surface area contributed by atoms with E-state index in [0.717, 1.165) is 0 Å². The van der Waals surface area contributed by atoms with Gasteiger partial charge in [-0.25, -0.2) is 0 Å². The van der Waals surface area contributed by atoms with Crippen LogP contribution in [0.25, 0.3) is 0 Å². The topological polar surface area (TPSA) is 76.7 Å². The smallest absolute Gasteiger partial charge is 0.255 e. The summed E-state index contributed by atoms with van der Waals surface area (Å²) in [5, 5.41) is 6.08. The maximum Gasteiger partial charge on any atom is 0.255 e. The molecule has 3 rings (SSSR count). The van der Waals surface area contributed by atoms with Gasteiger partial charge in [0.15, 0.2) is 0 Å². The third-order valence-electron chi connectivity index (χ3n) is 4.10. The molecule has 2 amide bonds. The Balaban J connectivity index is 1.67. The largest absolute Gasteiger partial charge is 0.497 e.